The molecule has 0 radical (unpaired) electrons. The second-order valence-corrected chi connectivity index (χ2v) is 36.5. The van der Waals surface area contributed by atoms with Crippen molar-refractivity contribution in [2.45, 2.75) is 0 Å². The van der Waals surface area contributed by atoms with E-state index in [4.69, 9.17) is 17.7 Å². The van der Waals surface area contributed by atoms with E-state index in [1.165, 1.54) is 96.2 Å². The van der Waals surface area contributed by atoms with Crippen LogP contribution in [0.15, 0.2) is 424 Å². The van der Waals surface area contributed by atoms with Gasteiger partial charge in [-0.3, -0.25) is 0 Å². The molecule has 0 saturated heterocycles. The minimum atomic E-state index is 0.914. The van der Waals surface area contributed by atoms with Gasteiger partial charge in [-0.15, -0.1) is 11.3 Å². The number of hydrogen-bond donors (Lipinski definition) is 0. The fourth-order valence-electron chi connectivity index (χ4n) is 19.3. The van der Waals surface area contributed by atoms with Crippen LogP contribution in [0.4, 0.5) is 0 Å². The lowest BCUT2D eigenvalue weighted by molar-refractivity contribution is 0.669. The Morgan fingerprint density at radius 3 is 1.10 bits per heavy atom. The molecule has 0 N–H and O–H groups in total. The molecule has 0 aliphatic heterocycles. The topological polar surface area (TPSA) is 72.3 Å². The van der Waals surface area contributed by atoms with Gasteiger partial charge in [0.1, 0.15) is 27.9 Å². The van der Waals surface area contributed by atoms with Crippen molar-refractivity contribution in [1.82, 2.24) is 18.3 Å². The van der Waals surface area contributed by atoms with E-state index in [1.807, 2.05) is 72.0 Å². The second-order valence-electron chi connectivity index (χ2n) is 31.8. The predicted molar refractivity (Wildman–Crippen MR) is 539 cm³/mol. The number of fused-ring (bicyclic) bond motifs is 31. The normalized spacial score (nSPS) is 12.0. The first-order chi connectivity index (χ1) is 61.6. The first kappa shape index (κ1) is 73.7. The molecule has 0 spiro atoms. The van der Waals surface area contributed by atoms with Crippen LogP contribution in [0.3, 0.4) is 0 Å². The molecule has 9 aromatic heterocycles. The summed E-state index contributed by atoms with van der Waals surface area (Å²) in [6, 6.07) is 137. The smallest absolute Gasteiger partial charge is 0.160 e. The van der Waals surface area contributed by atoms with Gasteiger partial charge < -0.3 is 35.9 Å². The number of aromatic nitrogens is 4. The van der Waals surface area contributed by atoms with Crippen molar-refractivity contribution in [3.8, 4) is 33.9 Å². The third-order valence-electron chi connectivity index (χ3n) is 24.8. The lowest BCUT2D eigenvalue weighted by atomic mass is 10.1. The molecule has 0 fully saturated rings. The van der Waals surface area contributed by atoms with Crippen LogP contribution >= 0.6 is 75.1 Å². The number of hydrogen-bond acceptors (Lipinski definition) is 5. The predicted octanol–water partition coefficient (Wildman–Crippen LogP) is 35.0. The molecule has 0 saturated carbocycles. The van der Waals surface area contributed by atoms with E-state index >= 15 is 0 Å². The highest BCUT2D eigenvalue weighted by Crippen LogP contribution is 2.48. The van der Waals surface area contributed by atoms with E-state index in [0.29, 0.717) is 0 Å². The number of furan rings is 4. The summed E-state index contributed by atoms with van der Waals surface area (Å²) in [6.07, 6.45) is 0. The number of halogens is 4. The second kappa shape index (κ2) is 29.3. The third-order valence-corrected chi connectivity index (χ3v) is 27.9. The molecule has 28 rings (SSSR count). The van der Waals surface area contributed by atoms with Gasteiger partial charge in [0.15, 0.2) is 16.7 Å². The highest BCUT2D eigenvalue weighted by atomic mass is 79.9. The Kier molecular flexibility index (Phi) is 17.3. The lowest BCUT2D eigenvalue weighted by Crippen LogP contribution is -1.95. The molecule has 19 aromatic carbocycles. The molecule has 0 aliphatic carbocycles. The summed E-state index contributed by atoms with van der Waals surface area (Å²) in [5, 5.41) is 24.0. The molecule has 0 atom stereocenters. The fourth-order valence-corrected chi connectivity index (χ4v) is 21.8. The summed E-state index contributed by atoms with van der Waals surface area (Å²) in [5.41, 5.74) is 23.5. The van der Waals surface area contributed by atoms with Crippen molar-refractivity contribution >= 4 is 281 Å². The maximum atomic E-state index is 6.47. The first-order valence-electron chi connectivity index (χ1n) is 41.4. The summed E-state index contributed by atoms with van der Waals surface area (Å²) >= 11 is 16.6. The zero-order valence-electron chi connectivity index (χ0n) is 66.3. The highest BCUT2D eigenvalue weighted by Gasteiger charge is 2.26. The van der Waals surface area contributed by atoms with E-state index in [-0.39, 0.29) is 0 Å². The number of nitrogens with zero attached hydrogens (tertiary/aromatic N) is 4. The molecule has 590 valence electrons. The average Bonchev–Trinajstić information content (AvgIpc) is 1.57. The van der Waals surface area contributed by atoms with Gasteiger partial charge in [0, 0.05) is 153 Å². The van der Waals surface area contributed by atoms with E-state index in [0.717, 1.165) is 161 Å². The van der Waals surface area contributed by atoms with Crippen LogP contribution in [-0.2, 0) is 0 Å². The largest absolute Gasteiger partial charge is 0.456 e. The summed E-state index contributed by atoms with van der Waals surface area (Å²) in [5.74, 6) is 0. The summed E-state index contributed by atoms with van der Waals surface area (Å²) in [6.45, 7) is 0. The maximum Gasteiger partial charge on any atom is 0.160 e. The lowest BCUT2D eigenvalue weighted by Gasteiger charge is -2.11. The Bertz CT molecular complexity index is 9320. The van der Waals surface area contributed by atoms with Gasteiger partial charge in [-0.05, 0) is 168 Å². The number of thiophene rings is 1. The number of rotatable bonds is 5. The van der Waals surface area contributed by atoms with E-state index in [9.17, 15) is 0 Å². The third kappa shape index (κ3) is 11.9. The molecule has 0 aliphatic rings. The molecule has 8 nitrogen and oxygen atoms in total. The van der Waals surface area contributed by atoms with Gasteiger partial charge in [0.05, 0.1) is 49.8 Å². The quantitative estimate of drug-likeness (QED) is 0.172. The van der Waals surface area contributed by atoms with Crippen molar-refractivity contribution in [1.29, 1.82) is 0 Å². The zero-order chi connectivity index (χ0) is 82.8. The monoisotopic (exact) mass is 1880 g/mol. The summed E-state index contributed by atoms with van der Waals surface area (Å²) < 4.78 is 41.8. The van der Waals surface area contributed by atoms with Crippen LogP contribution in [0.5, 0.6) is 0 Å². The van der Waals surface area contributed by atoms with Crippen molar-refractivity contribution in [3.63, 3.8) is 0 Å². The number of para-hydroxylation sites is 5. The molecular formula is C112H64Br4N4O4S. The van der Waals surface area contributed by atoms with Crippen LogP contribution in [0.25, 0.3) is 240 Å². The summed E-state index contributed by atoms with van der Waals surface area (Å²) in [4.78, 5) is 0. The SMILES string of the molecule is Brc1ccc2c3cc4c(cc3n(-c3ccc5sc6ccccc6c5c3)c2c1)oc1ccccc14.Brc1ccc2c3ccc4c5ccccc5oc4c3n(-c3ccc(-c4ccccc4)cc3)c2c1.Brc1ccc2c3ccc4c5ccccc5oc4c3n(-c3cccc4ccccc34)c2c1.Brc1ccc2c3ccc4c5ccccc5oc4c3n(-c3ccccc3)c2c1. The highest BCUT2D eigenvalue weighted by molar-refractivity contribution is 9.11. The van der Waals surface area contributed by atoms with Gasteiger partial charge >= 0.3 is 0 Å². The van der Waals surface area contributed by atoms with Crippen molar-refractivity contribution < 1.29 is 17.7 Å². The Morgan fingerprint density at radius 2 is 0.560 bits per heavy atom. The number of benzene rings is 19. The van der Waals surface area contributed by atoms with E-state index < -0.39 is 0 Å². The molecule has 0 amide bonds. The van der Waals surface area contributed by atoms with Gasteiger partial charge in [-0.25, -0.2) is 0 Å². The maximum absolute atomic E-state index is 6.47. The van der Waals surface area contributed by atoms with Gasteiger partial charge in [-0.1, -0.05) is 294 Å². The Hall–Kier alpha value is -14.0. The van der Waals surface area contributed by atoms with Crippen LogP contribution in [0.2, 0.25) is 0 Å². The molecule has 0 bridgehead atoms. The summed E-state index contributed by atoms with van der Waals surface area (Å²) in [7, 11) is 0. The minimum absolute atomic E-state index is 0.914. The van der Waals surface area contributed by atoms with Crippen LogP contribution in [0.1, 0.15) is 0 Å². The van der Waals surface area contributed by atoms with Crippen molar-refractivity contribution in [2.24, 2.45) is 0 Å². The van der Waals surface area contributed by atoms with E-state index in [1.54, 1.807) is 0 Å². The van der Waals surface area contributed by atoms with Gasteiger partial charge in [0.2, 0.25) is 0 Å². The molecule has 0 unspecified atom stereocenters. The fraction of sp³-hybridized carbons (Fsp3) is 0. The molecule has 125 heavy (non-hydrogen) atoms. The molecular weight excluding hydrogens is 1820 g/mol. The Morgan fingerprint density at radius 1 is 0.192 bits per heavy atom. The van der Waals surface area contributed by atoms with Gasteiger partial charge in [-0.2, -0.15) is 0 Å². The van der Waals surface area contributed by atoms with Gasteiger partial charge in [0.25, 0.3) is 0 Å². The zero-order valence-corrected chi connectivity index (χ0v) is 73.5. The van der Waals surface area contributed by atoms with Crippen LogP contribution < -0.4 is 0 Å². The standard InChI is InChI=1S/C30H16BrNOS.C30H18BrNO.C28H16BrNO.C24H14BrNO/c31-17-9-11-19-22-15-23-20-5-1-3-7-27(20)33-28(23)16-26(22)32(25(19)13-17)18-10-12-30-24(14-18)21-6-2-4-8-29(21)34-30;31-21-12-15-23-25-16-17-26-24-8-4-5-9-28(24)33-30(26)29(25)32(27(23)18-21)22-13-10-20(11-14-22)19-6-2-1-3-7-19;29-18-12-13-20-22-14-15-23-21-9-3-4-11-26(21)31-28(23)27(22)30(25(20)16-18)24-10-5-7-17-6-1-2-8-19(17)24;25-15-10-11-17-19-12-13-20-18-8-4-5-9-22(18)27-24(20)23(19)26(21(17)14-15)16-6-2-1-3-7-16/h1-16H;1-18H;1-16H;1-14H. The Labute approximate surface area is 750 Å². The first-order valence-corrected chi connectivity index (χ1v) is 45.4. The van der Waals surface area contributed by atoms with Crippen LogP contribution in [0, 0.1) is 0 Å². The van der Waals surface area contributed by atoms with Crippen molar-refractivity contribution in [2.75, 3.05) is 0 Å². The molecule has 13 heteroatoms. The molecule has 9 heterocycles. The van der Waals surface area contributed by atoms with Crippen LogP contribution in [-0.4, -0.2) is 18.3 Å². The van der Waals surface area contributed by atoms with E-state index in [2.05, 4.69) is 410 Å². The molecule has 28 aromatic rings. The minimum Gasteiger partial charge on any atom is -0.456 e. The Balaban J connectivity index is 0.0000000914. The average molecular weight is 1880 g/mol. The van der Waals surface area contributed by atoms with Crippen molar-refractivity contribution in [3.05, 3.63) is 406 Å².